The summed E-state index contributed by atoms with van der Waals surface area (Å²) in [6.45, 7) is 5.65. The van der Waals surface area contributed by atoms with E-state index in [0.29, 0.717) is 13.1 Å². The molecule has 1 fully saturated rings. The van der Waals surface area contributed by atoms with Crippen molar-refractivity contribution >= 4 is 11.6 Å². The summed E-state index contributed by atoms with van der Waals surface area (Å²) in [5, 5.41) is 0. The number of hydrogen-bond donors (Lipinski definition) is 0. The smallest absolute Gasteiger partial charge is 0.254 e. The zero-order valence-electron chi connectivity index (χ0n) is 13.7. The van der Waals surface area contributed by atoms with Gasteiger partial charge in [-0.1, -0.05) is 30.3 Å². The van der Waals surface area contributed by atoms with Gasteiger partial charge in [0.2, 0.25) is 0 Å². The lowest BCUT2D eigenvalue weighted by atomic mass is 10.1. The van der Waals surface area contributed by atoms with Gasteiger partial charge in [0.15, 0.2) is 0 Å². The Bertz CT molecular complexity index is 630. The maximum Gasteiger partial charge on any atom is 0.254 e. The molecule has 0 radical (unpaired) electrons. The summed E-state index contributed by atoms with van der Waals surface area (Å²) in [5.74, 6) is 0.101. The highest BCUT2D eigenvalue weighted by molar-refractivity contribution is 5.94. The van der Waals surface area contributed by atoms with Crippen LogP contribution in [0.25, 0.3) is 0 Å². The molecular formula is C20H24N2O. The molecule has 0 spiro atoms. The minimum Gasteiger partial charge on any atom is -0.372 e. The van der Waals surface area contributed by atoms with Crippen molar-refractivity contribution in [1.82, 2.24) is 4.90 Å². The van der Waals surface area contributed by atoms with Crippen molar-refractivity contribution in [2.24, 2.45) is 0 Å². The first kappa shape index (κ1) is 15.6. The van der Waals surface area contributed by atoms with Crippen LogP contribution in [0.1, 0.15) is 35.7 Å². The Morgan fingerprint density at radius 3 is 2.26 bits per heavy atom. The molecule has 1 aliphatic rings. The van der Waals surface area contributed by atoms with E-state index in [1.165, 1.54) is 18.5 Å². The molecule has 1 aliphatic heterocycles. The lowest BCUT2D eigenvalue weighted by molar-refractivity contribution is 0.0752. The molecule has 1 saturated heterocycles. The van der Waals surface area contributed by atoms with Gasteiger partial charge in [0.25, 0.3) is 5.91 Å². The van der Waals surface area contributed by atoms with Crippen molar-refractivity contribution in [3.8, 4) is 0 Å². The zero-order valence-corrected chi connectivity index (χ0v) is 13.7. The summed E-state index contributed by atoms with van der Waals surface area (Å²) in [7, 11) is 0. The van der Waals surface area contributed by atoms with E-state index in [1.54, 1.807) is 0 Å². The summed E-state index contributed by atoms with van der Waals surface area (Å²) in [4.78, 5) is 17.0. The van der Waals surface area contributed by atoms with Crippen LogP contribution >= 0.6 is 0 Å². The van der Waals surface area contributed by atoms with Gasteiger partial charge in [0.1, 0.15) is 0 Å². The zero-order chi connectivity index (χ0) is 16.1. The fourth-order valence-electron chi connectivity index (χ4n) is 3.10. The molecule has 0 saturated carbocycles. The average Bonchev–Trinajstić information content (AvgIpc) is 3.15. The first-order valence-electron chi connectivity index (χ1n) is 8.46. The largest absolute Gasteiger partial charge is 0.372 e. The first-order valence-corrected chi connectivity index (χ1v) is 8.46. The highest BCUT2D eigenvalue weighted by atomic mass is 16.2. The third kappa shape index (κ3) is 3.73. The molecule has 3 rings (SSSR count). The van der Waals surface area contributed by atoms with Crippen LogP contribution in [0.2, 0.25) is 0 Å². The fraction of sp³-hybridized carbons (Fsp3) is 0.350. The second-order valence-electron chi connectivity index (χ2n) is 6.05. The monoisotopic (exact) mass is 308 g/mol. The number of carbonyl (C=O) groups is 1. The normalized spacial score (nSPS) is 14.0. The van der Waals surface area contributed by atoms with Crippen molar-refractivity contribution in [2.75, 3.05) is 24.5 Å². The third-order valence-electron chi connectivity index (χ3n) is 4.47. The Morgan fingerprint density at radius 1 is 1.00 bits per heavy atom. The predicted octanol–water partition coefficient (Wildman–Crippen LogP) is 3.95. The Hall–Kier alpha value is -2.29. The Balaban J connectivity index is 1.70. The number of carbonyl (C=O) groups excluding carboxylic acids is 1. The van der Waals surface area contributed by atoms with Gasteiger partial charge in [-0.25, -0.2) is 0 Å². The molecule has 120 valence electrons. The molecule has 0 aromatic heterocycles. The van der Waals surface area contributed by atoms with Crippen molar-refractivity contribution < 1.29 is 4.79 Å². The maximum atomic E-state index is 12.7. The van der Waals surface area contributed by atoms with Gasteiger partial charge in [-0.15, -0.1) is 0 Å². The van der Waals surface area contributed by atoms with Crippen LogP contribution in [0.5, 0.6) is 0 Å². The number of nitrogens with zero attached hydrogens (tertiary/aromatic N) is 2. The lowest BCUT2D eigenvalue weighted by Gasteiger charge is -2.22. The number of rotatable bonds is 5. The molecule has 2 aromatic carbocycles. The van der Waals surface area contributed by atoms with Crippen LogP contribution < -0.4 is 4.90 Å². The Morgan fingerprint density at radius 2 is 1.65 bits per heavy atom. The predicted molar refractivity (Wildman–Crippen MR) is 94.7 cm³/mol. The molecule has 1 heterocycles. The van der Waals surface area contributed by atoms with Gasteiger partial charge >= 0.3 is 0 Å². The highest BCUT2D eigenvalue weighted by Crippen LogP contribution is 2.21. The summed E-state index contributed by atoms with van der Waals surface area (Å²) in [6.07, 6.45) is 2.53. The molecule has 23 heavy (non-hydrogen) atoms. The minimum absolute atomic E-state index is 0.101. The van der Waals surface area contributed by atoms with Crippen LogP contribution in [0.15, 0.2) is 54.6 Å². The van der Waals surface area contributed by atoms with Crippen molar-refractivity contribution in [2.45, 2.75) is 26.3 Å². The second-order valence-corrected chi connectivity index (χ2v) is 6.05. The van der Waals surface area contributed by atoms with E-state index < -0.39 is 0 Å². The highest BCUT2D eigenvalue weighted by Gasteiger charge is 2.16. The van der Waals surface area contributed by atoms with E-state index >= 15 is 0 Å². The number of benzene rings is 2. The van der Waals surface area contributed by atoms with E-state index in [9.17, 15) is 4.79 Å². The van der Waals surface area contributed by atoms with Crippen molar-refractivity contribution in [3.63, 3.8) is 0 Å². The van der Waals surface area contributed by atoms with Crippen LogP contribution in [0.3, 0.4) is 0 Å². The van der Waals surface area contributed by atoms with Gasteiger partial charge in [-0.2, -0.15) is 0 Å². The number of hydrogen-bond acceptors (Lipinski definition) is 2. The molecule has 0 bridgehead atoms. The first-order chi connectivity index (χ1) is 11.3. The van der Waals surface area contributed by atoms with Crippen LogP contribution in [0.4, 0.5) is 5.69 Å². The molecule has 2 aromatic rings. The lowest BCUT2D eigenvalue weighted by Crippen LogP contribution is -2.30. The van der Waals surface area contributed by atoms with Crippen molar-refractivity contribution in [3.05, 3.63) is 65.7 Å². The number of anilines is 1. The Labute approximate surface area is 138 Å². The quantitative estimate of drug-likeness (QED) is 0.835. The molecule has 1 amide bonds. The summed E-state index contributed by atoms with van der Waals surface area (Å²) in [5.41, 5.74) is 3.16. The minimum atomic E-state index is 0.101. The summed E-state index contributed by atoms with van der Waals surface area (Å²) in [6, 6.07) is 18.2. The molecule has 3 heteroatoms. The van der Waals surface area contributed by atoms with Crippen LogP contribution in [0, 0.1) is 0 Å². The topological polar surface area (TPSA) is 23.6 Å². The van der Waals surface area contributed by atoms with E-state index in [-0.39, 0.29) is 5.91 Å². The SMILES string of the molecule is CCN(Cc1ccccc1)C(=O)c1ccc(N2CCCC2)cc1. The molecule has 0 unspecified atom stereocenters. The maximum absolute atomic E-state index is 12.7. The van der Waals surface area contributed by atoms with Gasteiger partial charge in [0, 0.05) is 37.4 Å². The molecule has 0 N–H and O–H groups in total. The van der Waals surface area contributed by atoms with Gasteiger partial charge in [-0.05, 0) is 49.6 Å². The van der Waals surface area contributed by atoms with Gasteiger partial charge in [0.05, 0.1) is 0 Å². The third-order valence-corrected chi connectivity index (χ3v) is 4.47. The second kappa shape index (κ2) is 7.32. The average molecular weight is 308 g/mol. The number of amides is 1. The van der Waals surface area contributed by atoms with Gasteiger partial charge < -0.3 is 9.80 Å². The fourth-order valence-corrected chi connectivity index (χ4v) is 3.10. The summed E-state index contributed by atoms with van der Waals surface area (Å²) >= 11 is 0. The van der Waals surface area contributed by atoms with E-state index in [0.717, 1.165) is 24.2 Å². The van der Waals surface area contributed by atoms with Crippen molar-refractivity contribution in [1.29, 1.82) is 0 Å². The van der Waals surface area contributed by atoms with E-state index in [4.69, 9.17) is 0 Å². The summed E-state index contributed by atoms with van der Waals surface area (Å²) < 4.78 is 0. The standard InChI is InChI=1S/C20H24N2O/c1-2-21(16-17-8-4-3-5-9-17)20(23)18-10-12-19(13-11-18)22-14-6-7-15-22/h3-5,8-13H,2,6-7,14-16H2,1H3. The van der Waals surface area contributed by atoms with Crippen LogP contribution in [-0.4, -0.2) is 30.4 Å². The van der Waals surface area contributed by atoms with E-state index in [2.05, 4.69) is 29.2 Å². The Kier molecular flexibility index (Phi) is 4.96. The van der Waals surface area contributed by atoms with E-state index in [1.807, 2.05) is 42.2 Å². The molecule has 3 nitrogen and oxygen atoms in total. The molecule has 0 aliphatic carbocycles. The molecule has 0 atom stereocenters. The van der Waals surface area contributed by atoms with Gasteiger partial charge in [-0.3, -0.25) is 4.79 Å². The van der Waals surface area contributed by atoms with Crippen LogP contribution in [-0.2, 0) is 6.54 Å². The molecular weight excluding hydrogens is 284 g/mol.